The maximum absolute atomic E-state index is 14.5. The van der Waals surface area contributed by atoms with Crippen LogP contribution in [0.5, 0.6) is 0 Å². The molecule has 0 radical (unpaired) electrons. The van der Waals surface area contributed by atoms with Crippen molar-refractivity contribution in [3.05, 3.63) is 47.6 Å². The molecule has 0 spiro atoms. The van der Waals surface area contributed by atoms with Crippen molar-refractivity contribution in [1.82, 2.24) is 4.90 Å². The average molecular weight is 1020 g/mol. The second-order valence-electron chi connectivity index (χ2n) is 21.0. The molecule has 1 amide bonds. The van der Waals surface area contributed by atoms with E-state index in [-0.39, 0.29) is 73.8 Å². The summed E-state index contributed by atoms with van der Waals surface area (Å²) < 4.78 is 47.0. The molecule has 2 bridgehead atoms. The number of Topliss-reactive ketones (excluding diaryl/α,β-unsaturated/α-hetero) is 3. The first kappa shape index (κ1) is 61.1. The highest BCUT2D eigenvalue weighted by Gasteiger charge is 2.53. The monoisotopic (exact) mass is 1020 g/mol. The highest BCUT2D eigenvalue weighted by Crippen LogP contribution is 2.38. The summed E-state index contributed by atoms with van der Waals surface area (Å²) in [6.45, 7) is 14.5. The molecule has 0 aromatic carbocycles. The number of methoxy groups -OCH3 is 4. The van der Waals surface area contributed by atoms with Crippen LogP contribution in [-0.2, 0) is 61.9 Å². The number of carbonyl (C=O) groups is 5. The van der Waals surface area contributed by atoms with Crippen LogP contribution in [0.3, 0.4) is 0 Å². The molecule has 15 atom stereocenters. The van der Waals surface area contributed by atoms with Crippen molar-refractivity contribution in [3.63, 3.8) is 0 Å². The van der Waals surface area contributed by atoms with Crippen LogP contribution in [0, 0.1) is 35.5 Å². The molecule has 2 saturated heterocycles. The standard InChI is InChI=1S/C56H89NO15/c1-35-17-13-12-14-18-36(2)47(70-28-27-69-26-25-65-8)33-43-22-20-41(7)56(64,72-43)53(61)54(62)57-24-16-15-19-44(57)55(63)71-48(38(4)31-42-21-23-45(58)49(32-42)66-9)34-46(59)37(3)30-40(6)51(67-10)52(68-11)50(60)39(5)29-35/h12-14,17-18,30,35,37-39,41-45,47-49,51-52,58,64H,15-16,19-29,31-34H2,1-11H3/b14-12+,17-13+,36-18+,40-30+/t35-,37-,38-,39-,41-,42+,43+,44+,45-,47?,48+,49-,51-,52+,56-/m1/s1. The van der Waals surface area contributed by atoms with Crippen molar-refractivity contribution in [2.45, 2.75) is 180 Å². The average Bonchev–Trinajstić information content (AvgIpc) is 3.36. The number of hydrogen-bond acceptors (Lipinski definition) is 15. The van der Waals surface area contributed by atoms with Gasteiger partial charge in [-0.25, -0.2) is 4.79 Å². The van der Waals surface area contributed by atoms with Gasteiger partial charge in [0, 0.05) is 65.6 Å². The lowest BCUT2D eigenvalue weighted by atomic mass is 9.78. The van der Waals surface area contributed by atoms with Crippen LogP contribution in [0.4, 0.5) is 0 Å². The minimum atomic E-state index is -2.47. The smallest absolute Gasteiger partial charge is 0.329 e. The normalized spacial score (nSPS) is 37.7. The van der Waals surface area contributed by atoms with Gasteiger partial charge in [-0.15, -0.1) is 0 Å². The predicted molar refractivity (Wildman–Crippen MR) is 272 cm³/mol. The molecule has 1 aliphatic carbocycles. The van der Waals surface area contributed by atoms with Crippen LogP contribution in [0.2, 0.25) is 0 Å². The zero-order valence-electron chi connectivity index (χ0n) is 45.2. The summed E-state index contributed by atoms with van der Waals surface area (Å²) >= 11 is 0. The summed E-state index contributed by atoms with van der Waals surface area (Å²) in [5, 5.41) is 22.7. The Labute approximate surface area is 429 Å². The Morgan fingerprint density at radius 3 is 2.22 bits per heavy atom. The minimum Gasteiger partial charge on any atom is -0.460 e. The fourth-order valence-corrected chi connectivity index (χ4v) is 10.8. The summed E-state index contributed by atoms with van der Waals surface area (Å²) in [5.41, 5.74) is 1.50. The summed E-state index contributed by atoms with van der Waals surface area (Å²) in [6.07, 6.45) is 12.1. The second-order valence-corrected chi connectivity index (χ2v) is 21.0. The van der Waals surface area contributed by atoms with E-state index in [9.17, 15) is 34.2 Å². The third-order valence-corrected chi connectivity index (χ3v) is 15.4. The molecule has 1 unspecified atom stereocenters. The van der Waals surface area contributed by atoms with Crippen molar-refractivity contribution < 1.29 is 72.1 Å². The van der Waals surface area contributed by atoms with E-state index >= 15 is 0 Å². The van der Waals surface area contributed by atoms with E-state index in [2.05, 4.69) is 0 Å². The van der Waals surface area contributed by atoms with Gasteiger partial charge in [0.25, 0.3) is 11.7 Å². The molecule has 16 heteroatoms. The van der Waals surface area contributed by atoms with Crippen LogP contribution in [0.1, 0.15) is 126 Å². The van der Waals surface area contributed by atoms with Gasteiger partial charge in [-0.3, -0.25) is 19.2 Å². The largest absolute Gasteiger partial charge is 0.460 e. The molecule has 408 valence electrons. The summed E-state index contributed by atoms with van der Waals surface area (Å²) in [7, 11) is 6.16. The van der Waals surface area contributed by atoms with Crippen molar-refractivity contribution in [3.8, 4) is 0 Å². The molecule has 0 aromatic rings. The minimum absolute atomic E-state index is 0.0344. The number of piperidine rings is 1. The lowest BCUT2D eigenvalue weighted by molar-refractivity contribution is -0.266. The fourth-order valence-electron chi connectivity index (χ4n) is 10.8. The lowest BCUT2D eigenvalue weighted by Gasteiger charge is -2.43. The van der Waals surface area contributed by atoms with E-state index in [4.69, 9.17) is 37.9 Å². The number of fused-ring (bicyclic) bond motifs is 3. The van der Waals surface area contributed by atoms with Gasteiger partial charge >= 0.3 is 5.97 Å². The van der Waals surface area contributed by atoms with Crippen molar-refractivity contribution in [1.29, 1.82) is 0 Å². The number of esters is 1. The number of nitrogens with zero attached hydrogens (tertiary/aromatic N) is 1. The predicted octanol–water partition coefficient (Wildman–Crippen LogP) is 6.87. The number of hydrogen-bond donors (Lipinski definition) is 2. The first-order valence-electron chi connectivity index (χ1n) is 26.5. The highest BCUT2D eigenvalue weighted by molar-refractivity contribution is 6.39. The number of ether oxygens (including phenoxy) is 8. The maximum Gasteiger partial charge on any atom is 0.329 e. The quantitative estimate of drug-likeness (QED) is 0.0837. The van der Waals surface area contributed by atoms with Gasteiger partial charge in [-0.1, -0.05) is 71.1 Å². The molecule has 3 fully saturated rings. The van der Waals surface area contributed by atoms with Crippen LogP contribution in [-0.4, -0.2) is 160 Å². The molecular weight excluding hydrogens is 927 g/mol. The molecule has 3 heterocycles. The third kappa shape index (κ3) is 17.3. The van der Waals surface area contributed by atoms with Gasteiger partial charge in [-0.05, 0) is 107 Å². The van der Waals surface area contributed by atoms with Gasteiger partial charge in [0.2, 0.25) is 5.79 Å². The van der Waals surface area contributed by atoms with Crippen LogP contribution in [0.15, 0.2) is 47.6 Å². The zero-order valence-corrected chi connectivity index (χ0v) is 45.2. The van der Waals surface area contributed by atoms with Gasteiger partial charge in [0.15, 0.2) is 5.78 Å². The number of cyclic esters (lactones) is 1. The molecule has 72 heavy (non-hydrogen) atoms. The van der Waals surface area contributed by atoms with E-state index in [1.807, 2.05) is 58.1 Å². The van der Waals surface area contributed by atoms with E-state index < -0.39 is 77.9 Å². The third-order valence-electron chi connectivity index (χ3n) is 15.4. The lowest BCUT2D eigenvalue weighted by Crippen LogP contribution is -2.61. The summed E-state index contributed by atoms with van der Waals surface area (Å²) in [6, 6.07) is -1.15. The Morgan fingerprint density at radius 2 is 1.53 bits per heavy atom. The van der Waals surface area contributed by atoms with Gasteiger partial charge in [-0.2, -0.15) is 0 Å². The van der Waals surface area contributed by atoms with E-state index in [1.54, 1.807) is 41.1 Å². The molecule has 16 nitrogen and oxygen atoms in total. The van der Waals surface area contributed by atoms with Gasteiger partial charge in [0.1, 0.15) is 30.1 Å². The Bertz CT molecular complexity index is 1880. The number of aliphatic hydroxyl groups is 2. The Kier molecular flexibility index (Phi) is 25.6. The highest BCUT2D eigenvalue weighted by atomic mass is 16.6. The molecule has 4 aliphatic rings. The Balaban J connectivity index is 1.73. The number of carbonyl (C=O) groups excluding carboxylic acids is 5. The van der Waals surface area contributed by atoms with Gasteiger partial charge < -0.3 is 53.0 Å². The van der Waals surface area contributed by atoms with Crippen LogP contribution in [0.25, 0.3) is 0 Å². The number of amides is 1. The van der Waals surface area contributed by atoms with Crippen LogP contribution < -0.4 is 0 Å². The molecule has 3 aliphatic heterocycles. The number of aliphatic hydroxyl groups excluding tert-OH is 1. The van der Waals surface area contributed by atoms with Crippen LogP contribution >= 0.6 is 0 Å². The Morgan fingerprint density at radius 1 is 0.806 bits per heavy atom. The summed E-state index contributed by atoms with van der Waals surface area (Å²) in [5.74, 6) is -7.67. The van der Waals surface area contributed by atoms with E-state index in [1.165, 1.54) is 19.1 Å². The molecule has 2 N–H and O–H groups in total. The zero-order chi connectivity index (χ0) is 53.1. The van der Waals surface area contributed by atoms with Crippen molar-refractivity contribution in [2.24, 2.45) is 35.5 Å². The van der Waals surface area contributed by atoms with E-state index in [0.29, 0.717) is 76.8 Å². The number of ketones is 3. The second kappa shape index (κ2) is 30.2. The molecule has 0 aromatic heterocycles. The fraction of sp³-hybridized carbons (Fsp3) is 0.768. The molecule has 4 rings (SSSR count). The maximum atomic E-state index is 14.5. The summed E-state index contributed by atoms with van der Waals surface area (Å²) in [4.78, 5) is 72.9. The molecular formula is C56H89NO15. The van der Waals surface area contributed by atoms with Crippen molar-refractivity contribution in [2.75, 3.05) is 61.4 Å². The first-order chi connectivity index (χ1) is 34.3. The van der Waals surface area contributed by atoms with Crippen molar-refractivity contribution >= 4 is 29.2 Å². The molecule has 1 saturated carbocycles. The number of allylic oxidation sites excluding steroid dienone is 6. The SMILES string of the molecule is COCCOCCOC1C[C@@H]2CC[C@@H](C)[C@@](O)(O2)C(=O)C(=O)N2CCCC[C@H]2C(=O)O[C@H]([C@H](C)C[C@@H]2CC[C@@H](O)[C@H](OC)C2)CC(=O)[C@H](C)/C=C(\C)[C@@H](OC)[C@@H](OC)C(=O)[C@H](C)C[C@H](C)/C=C/C=C/C=C/1C. The van der Waals surface area contributed by atoms with Gasteiger partial charge in [0.05, 0.1) is 50.8 Å². The first-order valence-corrected chi connectivity index (χ1v) is 26.5. The number of rotatable bonds is 13. The topological polar surface area (TPSA) is 203 Å². The van der Waals surface area contributed by atoms with E-state index in [0.717, 1.165) is 12.0 Å². The Hall–Kier alpha value is -3.45.